The van der Waals surface area contributed by atoms with Crippen LogP contribution in [-0.2, 0) is 13.2 Å². The molecule has 0 unspecified atom stereocenters. The summed E-state index contributed by atoms with van der Waals surface area (Å²) in [5, 5.41) is 3.27. The highest BCUT2D eigenvalue weighted by Gasteiger charge is 2.08. The Morgan fingerprint density at radius 3 is 2.15 bits per heavy atom. The van der Waals surface area contributed by atoms with Crippen molar-refractivity contribution in [3.63, 3.8) is 0 Å². The predicted molar refractivity (Wildman–Crippen MR) is 104 cm³/mol. The Balaban J connectivity index is 1.69. The molecule has 0 spiro atoms. The Morgan fingerprint density at radius 1 is 1.00 bits per heavy atom. The van der Waals surface area contributed by atoms with Gasteiger partial charge in [0.1, 0.15) is 11.5 Å². The van der Waals surface area contributed by atoms with E-state index in [2.05, 4.69) is 27.1 Å². The molecule has 0 aliphatic rings. The van der Waals surface area contributed by atoms with Gasteiger partial charge in [0.15, 0.2) is 5.82 Å². The maximum absolute atomic E-state index is 5.39. The quantitative estimate of drug-likeness (QED) is 0.643. The van der Waals surface area contributed by atoms with Gasteiger partial charge in [0, 0.05) is 12.1 Å². The first-order valence-corrected chi connectivity index (χ1v) is 8.62. The molecule has 0 bridgehead atoms. The number of rotatable bonds is 7. The zero-order chi connectivity index (χ0) is 18.5. The zero-order valence-corrected chi connectivity index (χ0v) is 15.9. The maximum atomic E-state index is 5.39. The van der Waals surface area contributed by atoms with Crippen molar-refractivity contribution in [2.24, 2.45) is 0 Å². The molecule has 1 N–H and O–H groups in total. The summed E-state index contributed by atoms with van der Waals surface area (Å²) in [6.07, 6.45) is 0. The molecular formula is C19H22N4O2S. The molecule has 3 aromatic rings. The Kier molecular flexibility index (Phi) is 5.70. The van der Waals surface area contributed by atoms with Crippen LogP contribution < -0.4 is 9.47 Å². The molecule has 0 radical (unpaired) electrons. The van der Waals surface area contributed by atoms with Crippen molar-refractivity contribution in [2.75, 3.05) is 21.3 Å². The van der Waals surface area contributed by atoms with E-state index < -0.39 is 0 Å². The van der Waals surface area contributed by atoms with E-state index in [-0.39, 0.29) is 0 Å². The number of hydrogen-bond donors (Lipinski definition) is 1. The van der Waals surface area contributed by atoms with Crippen molar-refractivity contribution in [2.45, 2.75) is 13.2 Å². The van der Waals surface area contributed by atoms with E-state index in [9.17, 15) is 0 Å². The molecule has 136 valence electrons. The Hall–Kier alpha value is -2.64. The molecule has 1 heterocycles. The molecule has 1 aromatic heterocycles. The molecule has 0 saturated carbocycles. The van der Waals surface area contributed by atoms with Crippen molar-refractivity contribution in [3.05, 3.63) is 58.9 Å². The predicted octanol–water partition coefficient (Wildman–Crippen LogP) is 3.71. The van der Waals surface area contributed by atoms with Crippen molar-refractivity contribution in [1.29, 1.82) is 0 Å². The van der Waals surface area contributed by atoms with Crippen molar-refractivity contribution < 1.29 is 9.47 Å². The average Bonchev–Trinajstić information content (AvgIpc) is 3.02. The van der Waals surface area contributed by atoms with Crippen molar-refractivity contribution in [3.8, 4) is 22.9 Å². The van der Waals surface area contributed by atoms with Crippen molar-refractivity contribution >= 4 is 12.2 Å². The molecule has 0 saturated heterocycles. The van der Waals surface area contributed by atoms with Gasteiger partial charge in [-0.2, -0.15) is 4.98 Å². The first kappa shape index (κ1) is 18.2. The lowest BCUT2D eigenvalue weighted by Gasteiger charge is -2.17. The first-order chi connectivity index (χ1) is 12.6. The SMILES string of the molecule is COc1ccc(CN(C)Cn2[nH]c(-c3ccc(OC)cc3)nc2=S)cc1. The normalized spacial score (nSPS) is 10.9. The van der Waals surface area contributed by atoms with Crippen LogP contribution in [-0.4, -0.2) is 40.9 Å². The van der Waals surface area contributed by atoms with Gasteiger partial charge in [0.25, 0.3) is 0 Å². The highest BCUT2D eigenvalue weighted by atomic mass is 32.1. The lowest BCUT2D eigenvalue weighted by molar-refractivity contribution is 0.244. The van der Waals surface area contributed by atoms with E-state index in [1.807, 2.05) is 48.1 Å². The third-order valence-corrected chi connectivity index (χ3v) is 4.35. The Labute approximate surface area is 158 Å². The molecule has 7 heteroatoms. The molecule has 6 nitrogen and oxygen atoms in total. The fourth-order valence-corrected chi connectivity index (χ4v) is 2.86. The minimum absolute atomic E-state index is 0.525. The number of H-pyrrole nitrogens is 1. The van der Waals surface area contributed by atoms with Gasteiger partial charge < -0.3 is 9.47 Å². The van der Waals surface area contributed by atoms with Crippen LogP contribution in [0.15, 0.2) is 48.5 Å². The second kappa shape index (κ2) is 8.16. The van der Waals surface area contributed by atoms with Crippen LogP contribution in [0.2, 0.25) is 0 Å². The molecule has 0 amide bonds. The second-order valence-electron chi connectivity index (χ2n) is 6.01. The lowest BCUT2D eigenvalue weighted by atomic mass is 10.2. The van der Waals surface area contributed by atoms with Gasteiger partial charge in [0.05, 0.1) is 20.9 Å². The fourth-order valence-electron chi connectivity index (χ4n) is 2.66. The van der Waals surface area contributed by atoms with Crippen LogP contribution in [0.5, 0.6) is 11.5 Å². The third kappa shape index (κ3) is 4.30. The molecule has 2 aromatic carbocycles. The molecular weight excluding hydrogens is 348 g/mol. The molecule has 26 heavy (non-hydrogen) atoms. The number of nitrogens with one attached hydrogen (secondary N) is 1. The van der Waals surface area contributed by atoms with Gasteiger partial charge in [-0.25, -0.2) is 4.68 Å². The summed E-state index contributed by atoms with van der Waals surface area (Å²) in [6.45, 7) is 1.41. The number of methoxy groups -OCH3 is 2. The lowest BCUT2D eigenvalue weighted by Crippen LogP contribution is -2.22. The van der Waals surface area contributed by atoms with Gasteiger partial charge in [0.2, 0.25) is 4.77 Å². The third-order valence-electron chi connectivity index (χ3n) is 4.04. The maximum Gasteiger partial charge on any atom is 0.217 e. The topological polar surface area (TPSA) is 55.3 Å². The second-order valence-corrected chi connectivity index (χ2v) is 6.38. The largest absolute Gasteiger partial charge is 0.497 e. The summed E-state index contributed by atoms with van der Waals surface area (Å²) in [5.74, 6) is 2.41. The van der Waals surface area contributed by atoms with Gasteiger partial charge in [-0.1, -0.05) is 12.1 Å². The fraction of sp³-hybridized carbons (Fsp3) is 0.263. The number of benzene rings is 2. The van der Waals surface area contributed by atoms with Crippen LogP contribution in [0.3, 0.4) is 0 Å². The van der Waals surface area contributed by atoms with Gasteiger partial charge in [-0.15, -0.1) is 0 Å². The van der Waals surface area contributed by atoms with Gasteiger partial charge in [-0.3, -0.25) is 10.00 Å². The minimum atomic E-state index is 0.525. The molecule has 0 aliphatic carbocycles. The van der Waals surface area contributed by atoms with Crippen LogP contribution >= 0.6 is 12.2 Å². The minimum Gasteiger partial charge on any atom is -0.497 e. The summed E-state index contributed by atoms with van der Waals surface area (Å²) >= 11 is 5.39. The van der Waals surface area contributed by atoms with E-state index in [1.165, 1.54) is 5.56 Å². The number of ether oxygens (including phenoxy) is 2. The summed E-state index contributed by atoms with van der Waals surface area (Å²) in [6, 6.07) is 15.8. The van der Waals surface area contributed by atoms with E-state index in [0.717, 1.165) is 29.4 Å². The number of hydrogen-bond acceptors (Lipinski definition) is 5. The summed E-state index contributed by atoms with van der Waals surface area (Å²) in [7, 11) is 5.36. The Bertz CT molecular complexity index is 901. The van der Waals surface area contributed by atoms with E-state index >= 15 is 0 Å². The number of aromatic nitrogens is 3. The van der Waals surface area contributed by atoms with Crippen LogP contribution in [0.4, 0.5) is 0 Å². The summed E-state index contributed by atoms with van der Waals surface area (Å²) in [5.41, 5.74) is 2.17. The first-order valence-electron chi connectivity index (χ1n) is 8.22. The highest BCUT2D eigenvalue weighted by Crippen LogP contribution is 2.19. The summed E-state index contributed by atoms with van der Waals surface area (Å²) < 4.78 is 12.8. The smallest absolute Gasteiger partial charge is 0.217 e. The standard InChI is InChI=1S/C19H22N4O2S/c1-22(12-14-4-8-16(24-2)9-5-14)13-23-19(26)20-18(21-23)15-6-10-17(25-3)11-7-15/h4-11H,12-13H2,1-3H3,(H,20,21,26). The highest BCUT2D eigenvalue weighted by molar-refractivity contribution is 7.71. The monoisotopic (exact) mass is 370 g/mol. The Morgan fingerprint density at radius 2 is 1.58 bits per heavy atom. The molecule has 0 fully saturated rings. The van der Waals surface area contributed by atoms with Gasteiger partial charge in [-0.05, 0) is 61.2 Å². The van der Waals surface area contributed by atoms with E-state index in [1.54, 1.807) is 14.2 Å². The zero-order valence-electron chi connectivity index (χ0n) is 15.1. The number of nitrogens with zero attached hydrogens (tertiary/aromatic N) is 3. The molecule has 3 rings (SSSR count). The van der Waals surface area contributed by atoms with Gasteiger partial charge >= 0.3 is 0 Å². The van der Waals surface area contributed by atoms with E-state index in [4.69, 9.17) is 21.7 Å². The van der Waals surface area contributed by atoms with Crippen LogP contribution in [0, 0.1) is 4.77 Å². The van der Waals surface area contributed by atoms with Crippen molar-refractivity contribution in [1.82, 2.24) is 19.7 Å². The van der Waals surface area contributed by atoms with E-state index in [0.29, 0.717) is 11.4 Å². The summed E-state index contributed by atoms with van der Waals surface area (Å²) in [4.78, 5) is 6.62. The average molecular weight is 370 g/mol. The molecule has 0 aliphatic heterocycles. The number of aromatic amines is 1. The van der Waals surface area contributed by atoms with Crippen LogP contribution in [0.25, 0.3) is 11.4 Å². The van der Waals surface area contributed by atoms with Crippen LogP contribution in [0.1, 0.15) is 5.56 Å². The molecule has 0 atom stereocenters.